The van der Waals surface area contributed by atoms with Gasteiger partial charge in [-0.3, -0.25) is 0 Å². The molecule has 0 fully saturated rings. The van der Waals surface area contributed by atoms with Gasteiger partial charge in [0.15, 0.2) is 6.10 Å². The molecule has 0 aromatic heterocycles. The summed E-state index contributed by atoms with van der Waals surface area (Å²) in [6, 6.07) is -1.65. The zero-order chi connectivity index (χ0) is 8.36. The second-order valence-electron chi connectivity index (χ2n) is 1.83. The van der Waals surface area contributed by atoms with Crippen LogP contribution in [0.15, 0.2) is 0 Å². The molecular formula is C4H8F3NO2. The number of alkyl halides is 3. The highest BCUT2D eigenvalue weighted by molar-refractivity contribution is 4.76. The predicted octanol–water partition coefficient (Wildman–Crippen LogP) is -0.771. The van der Waals surface area contributed by atoms with E-state index >= 15 is 0 Å². The molecule has 10 heavy (non-hydrogen) atoms. The second-order valence-corrected chi connectivity index (χ2v) is 1.83. The molecule has 0 spiro atoms. The SMILES string of the molecule is N[C@@H](CO)C(O)C(F)(F)F. The van der Waals surface area contributed by atoms with Gasteiger partial charge in [-0.2, -0.15) is 13.2 Å². The van der Waals surface area contributed by atoms with E-state index in [9.17, 15) is 13.2 Å². The molecule has 0 aliphatic rings. The third-order valence-corrected chi connectivity index (χ3v) is 0.952. The molecule has 0 aromatic rings. The van der Waals surface area contributed by atoms with Gasteiger partial charge in [-0.15, -0.1) is 0 Å². The minimum absolute atomic E-state index is 0.888. The molecule has 0 rings (SSSR count). The molecule has 2 atom stereocenters. The molecule has 62 valence electrons. The summed E-state index contributed by atoms with van der Waals surface area (Å²) in [5.41, 5.74) is 4.68. The van der Waals surface area contributed by atoms with Gasteiger partial charge in [0.25, 0.3) is 0 Å². The summed E-state index contributed by atoms with van der Waals surface area (Å²) in [6.07, 6.45) is -7.39. The quantitative estimate of drug-likeness (QED) is 0.495. The normalized spacial score (nSPS) is 18.6. The van der Waals surface area contributed by atoms with Gasteiger partial charge >= 0.3 is 6.18 Å². The van der Waals surface area contributed by atoms with Gasteiger partial charge in [0.1, 0.15) is 0 Å². The van der Waals surface area contributed by atoms with Crippen LogP contribution in [0.5, 0.6) is 0 Å². The van der Waals surface area contributed by atoms with Crippen LogP contribution in [0.1, 0.15) is 0 Å². The fraction of sp³-hybridized carbons (Fsp3) is 1.00. The Morgan fingerprint density at radius 3 is 1.90 bits per heavy atom. The number of hydrogen-bond donors (Lipinski definition) is 3. The van der Waals surface area contributed by atoms with Gasteiger partial charge in [-0.25, -0.2) is 0 Å². The van der Waals surface area contributed by atoms with Crippen molar-refractivity contribution in [3.05, 3.63) is 0 Å². The fourth-order valence-corrected chi connectivity index (χ4v) is 0.343. The molecule has 0 bridgehead atoms. The van der Waals surface area contributed by atoms with Crippen LogP contribution in [-0.2, 0) is 0 Å². The third-order valence-electron chi connectivity index (χ3n) is 0.952. The molecule has 6 heteroatoms. The van der Waals surface area contributed by atoms with E-state index < -0.39 is 24.9 Å². The van der Waals surface area contributed by atoms with Crippen LogP contribution in [0, 0.1) is 0 Å². The van der Waals surface area contributed by atoms with Crippen molar-refractivity contribution in [3.63, 3.8) is 0 Å². The van der Waals surface area contributed by atoms with E-state index in [1.165, 1.54) is 0 Å². The predicted molar refractivity (Wildman–Crippen MR) is 27.1 cm³/mol. The van der Waals surface area contributed by atoms with Crippen molar-refractivity contribution in [2.24, 2.45) is 5.73 Å². The Hall–Kier alpha value is -0.330. The van der Waals surface area contributed by atoms with Crippen molar-refractivity contribution in [2.75, 3.05) is 6.61 Å². The number of hydrogen-bond acceptors (Lipinski definition) is 3. The molecule has 0 radical (unpaired) electrons. The maximum atomic E-state index is 11.4. The van der Waals surface area contributed by atoms with Gasteiger partial charge < -0.3 is 15.9 Å². The summed E-state index contributed by atoms with van der Waals surface area (Å²) in [4.78, 5) is 0. The summed E-state index contributed by atoms with van der Waals surface area (Å²) < 4.78 is 34.3. The minimum Gasteiger partial charge on any atom is -0.395 e. The number of rotatable bonds is 2. The highest BCUT2D eigenvalue weighted by Gasteiger charge is 2.41. The summed E-state index contributed by atoms with van der Waals surface area (Å²) in [7, 11) is 0. The Balaban J connectivity index is 3.94. The highest BCUT2D eigenvalue weighted by atomic mass is 19.4. The summed E-state index contributed by atoms with van der Waals surface area (Å²) in [5.74, 6) is 0. The largest absolute Gasteiger partial charge is 0.415 e. The Labute approximate surface area is 55.3 Å². The van der Waals surface area contributed by atoms with Crippen molar-refractivity contribution in [2.45, 2.75) is 18.3 Å². The van der Waals surface area contributed by atoms with Gasteiger partial charge in [-0.05, 0) is 0 Å². The van der Waals surface area contributed by atoms with Crippen LogP contribution < -0.4 is 5.73 Å². The maximum absolute atomic E-state index is 11.4. The molecular weight excluding hydrogens is 151 g/mol. The Morgan fingerprint density at radius 1 is 1.40 bits per heavy atom. The number of aliphatic hydroxyl groups is 2. The standard InChI is InChI=1S/C4H8F3NO2/c5-4(6,7)3(10)2(8)1-9/h2-3,9-10H,1,8H2/t2-,3?/m0/s1. The zero-order valence-corrected chi connectivity index (χ0v) is 4.97. The van der Waals surface area contributed by atoms with Crippen LogP contribution in [0.4, 0.5) is 13.2 Å². The smallest absolute Gasteiger partial charge is 0.395 e. The van der Waals surface area contributed by atoms with E-state index in [2.05, 4.69) is 5.73 Å². The van der Waals surface area contributed by atoms with Crippen LogP contribution >= 0.6 is 0 Å². The number of aliphatic hydroxyl groups excluding tert-OH is 2. The molecule has 0 heterocycles. The monoisotopic (exact) mass is 159 g/mol. The van der Waals surface area contributed by atoms with E-state index in [4.69, 9.17) is 10.2 Å². The third kappa shape index (κ3) is 2.51. The van der Waals surface area contributed by atoms with E-state index in [-0.39, 0.29) is 0 Å². The Bertz CT molecular complexity index is 105. The van der Waals surface area contributed by atoms with Gasteiger partial charge in [0, 0.05) is 0 Å². The maximum Gasteiger partial charge on any atom is 0.415 e. The van der Waals surface area contributed by atoms with Crippen molar-refractivity contribution in [1.29, 1.82) is 0 Å². The Kier molecular flexibility index (Phi) is 3.07. The molecule has 0 aliphatic carbocycles. The zero-order valence-electron chi connectivity index (χ0n) is 4.97. The van der Waals surface area contributed by atoms with Crippen LogP contribution in [0.25, 0.3) is 0 Å². The fourth-order valence-electron chi connectivity index (χ4n) is 0.343. The van der Waals surface area contributed by atoms with Crippen molar-refractivity contribution >= 4 is 0 Å². The van der Waals surface area contributed by atoms with E-state index in [0.717, 1.165) is 0 Å². The molecule has 3 nitrogen and oxygen atoms in total. The lowest BCUT2D eigenvalue weighted by Crippen LogP contribution is -2.47. The first-order chi connectivity index (χ1) is 4.39. The van der Waals surface area contributed by atoms with Crippen molar-refractivity contribution in [3.8, 4) is 0 Å². The van der Waals surface area contributed by atoms with Gasteiger partial charge in [-0.1, -0.05) is 0 Å². The average Bonchev–Trinajstić information content (AvgIpc) is 1.83. The van der Waals surface area contributed by atoms with Crippen LogP contribution in [-0.4, -0.2) is 35.1 Å². The van der Waals surface area contributed by atoms with Crippen LogP contribution in [0.2, 0.25) is 0 Å². The first-order valence-corrected chi connectivity index (χ1v) is 2.50. The van der Waals surface area contributed by atoms with E-state index in [0.29, 0.717) is 0 Å². The molecule has 0 saturated carbocycles. The lowest BCUT2D eigenvalue weighted by molar-refractivity contribution is -0.211. The van der Waals surface area contributed by atoms with Crippen molar-refractivity contribution in [1.82, 2.24) is 0 Å². The summed E-state index contributed by atoms with van der Waals surface area (Å²) in [6.45, 7) is -0.888. The molecule has 1 unspecified atom stereocenters. The molecule has 0 aliphatic heterocycles. The average molecular weight is 159 g/mol. The molecule has 0 aromatic carbocycles. The lowest BCUT2D eigenvalue weighted by Gasteiger charge is -2.18. The Morgan fingerprint density at radius 2 is 1.80 bits per heavy atom. The second kappa shape index (κ2) is 3.18. The van der Waals surface area contributed by atoms with Gasteiger partial charge in [0.05, 0.1) is 12.6 Å². The molecule has 0 amide bonds. The first kappa shape index (κ1) is 9.67. The topological polar surface area (TPSA) is 66.5 Å². The molecule has 0 saturated heterocycles. The van der Waals surface area contributed by atoms with Crippen LogP contribution in [0.3, 0.4) is 0 Å². The van der Waals surface area contributed by atoms with Gasteiger partial charge in [0.2, 0.25) is 0 Å². The first-order valence-electron chi connectivity index (χ1n) is 2.50. The minimum atomic E-state index is -4.75. The van der Waals surface area contributed by atoms with Crippen molar-refractivity contribution < 1.29 is 23.4 Å². The number of halogens is 3. The van der Waals surface area contributed by atoms with E-state index in [1.807, 2.05) is 0 Å². The summed E-state index contributed by atoms with van der Waals surface area (Å²) in [5, 5.41) is 16.3. The summed E-state index contributed by atoms with van der Waals surface area (Å²) >= 11 is 0. The van der Waals surface area contributed by atoms with E-state index in [1.54, 1.807) is 0 Å². The number of nitrogens with two attached hydrogens (primary N) is 1. The lowest BCUT2D eigenvalue weighted by atomic mass is 10.2. The molecule has 4 N–H and O–H groups in total. The highest BCUT2D eigenvalue weighted by Crippen LogP contribution is 2.21.